The monoisotopic (exact) mass is 389 g/mol. The number of hydrogen-bond donors (Lipinski definition) is 1. The lowest BCUT2D eigenvalue weighted by Crippen LogP contribution is -2.43. The maximum atomic E-state index is 13.3. The highest BCUT2D eigenvalue weighted by Gasteiger charge is 2.43. The molecule has 2 aliphatic heterocycles. The first kappa shape index (κ1) is 20.3. The summed E-state index contributed by atoms with van der Waals surface area (Å²) in [5.74, 6) is 1.16. The third kappa shape index (κ3) is 4.18. The number of nitrogens with zero attached hydrogens (tertiary/aromatic N) is 2. The fraction of sp³-hybridized carbons (Fsp3) is 0.619. The van der Waals surface area contributed by atoms with Crippen molar-refractivity contribution in [2.45, 2.75) is 38.6 Å². The van der Waals surface area contributed by atoms with Crippen LogP contribution in [0.25, 0.3) is 0 Å². The van der Waals surface area contributed by atoms with E-state index in [0.29, 0.717) is 18.8 Å². The van der Waals surface area contributed by atoms with E-state index in [2.05, 4.69) is 5.32 Å². The number of carbonyl (C=O) groups is 2. The van der Waals surface area contributed by atoms with E-state index in [-0.39, 0.29) is 29.8 Å². The van der Waals surface area contributed by atoms with Crippen molar-refractivity contribution in [3.63, 3.8) is 0 Å². The lowest BCUT2D eigenvalue weighted by Gasteiger charge is -2.25. The van der Waals surface area contributed by atoms with Gasteiger partial charge in [-0.25, -0.2) is 4.79 Å². The van der Waals surface area contributed by atoms with E-state index in [1.54, 1.807) is 19.1 Å². The van der Waals surface area contributed by atoms with Crippen molar-refractivity contribution in [3.8, 4) is 11.5 Å². The minimum atomic E-state index is -0.281. The van der Waals surface area contributed by atoms with Crippen LogP contribution in [0.15, 0.2) is 18.2 Å². The largest absolute Gasteiger partial charge is 0.497 e. The van der Waals surface area contributed by atoms with Crippen LogP contribution in [-0.2, 0) is 4.79 Å². The van der Waals surface area contributed by atoms with E-state index in [0.717, 1.165) is 37.2 Å². The van der Waals surface area contributed by atoms with Crippen molar-refractivity contribution < 1.29 is 19.1 Å². The molecule has 7 heteroatoms. The summed E-state index contributed by atoms with van der Waals surface area (Å²) in [6, 6.07) is 5.56. The summed E-state index contributed by atoms with van der Waals surface area (Å²) < 4.78 is 11.0. The summed E-state index contributed by atoms with van der Waals surface area (Å²) in [6.45, 7) is 6.36. The molecule has 3 rings (SSSR count). The molecule has 2 saturated heterocycles. The first-order chi connectivity index (χ1) is 13.4. The molecular formula is C21H31N3O4. The number of urea groups is 1. The molecule has 1 aromatic rings. The Kier molecular flexibility index (Phi) is 6.31. The normalized spacial score (nSPS) is 21.9. The Hall–Kier alpha value is -2.44. The van der Waals surface area contributed by atoms with E-state index in [9.17, 15) is 9.59 Å². The first-order valence-corrected chi connectivity index (χ1v) is 10.0. The lowest BCUT2D eigenvalue weighted by molar-refractivity contribution is -0.134. The number of rotatable bonds is 5. The van der Waals surface area contributed by atoms with Crippen molar-refractivity contribution in [2.24, 2.45) is 5.92 Å². The molecule has 0 saturated carbocycles. The van der Waals surface area contributed by atoms with Crippen LogP contribution >= 0.6 is 0 Å². The van der Waals surface area contributed by atoms with Crippen molar-refractivity contribution >= 4 is 11.9 Å². The number of carbonyl (C=O) groups excluding carboxylic acids is 2. The van der Waals surface area contributed by atoms with E-state index >= 15 is 0 Å². The highest BCUT2D eigenvalue weighted by atomic mass is 16.5. The number of likely N-dealkylation sites (tertiary alicyclic amines) is 2. The van der Waals surface area contributed by atoms with Crippen molar-refractivity contribution in [3.05, 3.63) is 23.8 Å². The van der Waals surface area contributed by atoms with Gasteiger partial charge in [0, 0.05) is 43.7 Å². The zero-order valence-electron chi connectivity index (χ0n) is 17.2. The highest BCUT2D eigenvalue weighted by Crippen LogP contribution is 2.40. The molecule has 28 heavy (non-hydrogen) atoms. The number of nitrogens with one attached hydrogen (secondary N) is 1. The predicted molar refractivity (Wildman–Crippen MR) is 107 cm³/mol. The summed E-state index contributed by atoms with van der Waals surface area (Å²) in [6.07, 6.45) is 2.09. The van der Waals surface area contributed by atoms with Crippen molar-refractivity contribution in [1.82, 2.24) is 15.1 Å². The van der Waals surface area contributed by atoms with Gasteiger partial charge in [-0.2, -0.15) is 0 Å². The number of amides is 3. The second-order valence-corrected chi connectivity index (χ2v) is 7.86. The molecule has 0 unspecified atom stereocenters. The van der Waals surface area contributed by atoms with Crippen LogP contribution in [0.4, 0.5) is 4.79 Å². The lowest BCUT2D eigenvalue weighted by atomic mass is 9.87. The van der Waals surface area contributed by atoms with Gasteiger partial charge in [0.25, 0.3) is 0 Å². The van der Waals surface area contributed by atoms with E-state index in [1.807, 2.05) is 36.9 Å². The molecule has 1 aromatic carbocycles. The minimum absolute atomic E-state index is 0.0469. The van der Waals surface area contributed by atoms with Gasteiger partial charge in [-0.3, -0.25) is 4.79 Å². The Bertz CT molecular complexity index is 716. The van der Waals surface area contributed by atoms with Gasteiger partial charge < -0.3 is 24.6 Å². The van der Waals surface area contributed by atoms with Gasteiger partial charge in [-0.1, -0.05) is 0 Å². The van der Waals surface area contributed by atoms with Crippen LogP contribution in [0.2, 0.25) is 0 Å². The molecule has 2 atom stereocenters. The van der Waals surface area contributed by atoms with E-state index < -0.39 is 0 Å². The molecule has 2 aliphatic rings. The van der Waals surface area contributed by atoms with Gasteiger partial charge in [0.1, 0.15) is 11.5 Å². The van der Waals surface area contributed by atoms with E-state index in [4.69, 9.17) is 9.47 Å². The maximum Gasteiger partial charge on any atom is 0.317 e. The van der Waals surface area contributed by atoms with Crippen molar-refractivity contribution in [2.75, 3.05) is 40.4 Å². The molecule has 2 heterocycles. The molecule has 7 nitrogen and oxygen atoms in total. The zero-order chi connectivity index (χ0) is 20.3. The Balaban J connectivity index is 1.92. The predicted octanol–water partition coefficient (Wildman–Crippen LogP) is 2.46. The third-order valence-electron chi connectivity index (χ3n) is 5.59. The molecule has 1 N–H and O–H groups in total. The van der Waals surface area contributed by atoms with Gasteiger partial charge in [0.2, 0.25) is 5.91 Å². The maximum absolute atomic E-state index is 13.3. The molecular weight excluding hydrogens is 358 g/mol. The smallest absolute Gasteiger partial charge is 0.317 e. The fourth-order valence-corrected chi connectivity index (χ4v) is 4.17. The molecule has 2 fully saturated rings. The van der Waals surface area contributed by atoms with Crippen LogP contribution in [0, 0.1) is 5.92 Å². The van der Waals surface area contributed by atoms with Crippen LogP contribution in [0.3, 0.4) is 0 Å². The summed E-state index contributed by atoms with van der Waals surface area (Å²) in [4.78, 5) is 29.6. The molecule has 0 aliphatic carbocycles. The Morgan fingerprint density at radius 3 is 2.39 bits per heavy atom. The molecule has 154 valence electrons. The number of hydrogen-bond acceptors (Lipinski definition) is 4. The van der Waals surface area contributed by atoms with E-state index in [1.165, 1.54) is 0 Å². The summed E-state index contributed by atoms with van der Waals surface area (Å²) in [5.41, 5.74) is 0.916. The molecule has 0 bridgehead atoms. The second kappa shape index (κ2) is 8.71. The molecule has 0 spiro atoms. The number of ether oxygens (including phenoxy) is 2. The fourth-order valence-electron chi connectivity index (χ4n) is 4.17. The summed E-state index contributed by atoms with van der Waals surface area (Å²) >= 11 is 0. The van der Waals surface area contributed by atoms with Crippen LogP contribution < -0.4 is 14.8 Å². The summed E-state index contributed by atoms with van der Waals surface area (Å²) in [7, 11) is 3.25. The zero-order valence-corrected chi connectivity index (χ0v) is 17.2. The van der Waals surface area contributed by atoms with Crippen LogP contribution in [0.1, 0.15) is 38.2 Å². The average Bonchev–Trinajstić information content (AvgIpc) is 3.36. The van der Waals surface area contributed by atoms with Gasteiger partial charge in [0.05, 0.1) is 20.1 Å². The van der Waals surface area contributed by atoms with Crippen LogP contribution in [0.5, 0.6) is 11.5 Å². The Labute approximate surface area is 167 Å². The SMILES string of the molecule is COc1ccc(OC)c([C@H]2CN(C(=O)NC(C)C)C[C@H]2C(=O)N2CCCC2)c1. The molecule has 0 aromatic heterocycles. The number of benzene rings is 1. The number of methoxy groups -OCH3 is 2. The van der Waals surface area contributed by atoms with Gasteiger partial charge >= 0.3 is 6.03 Å². The minimum Gasteiger partial charge on any atom is -0.497 e. The Morgan fingerprint density at radius 2 is 1.79 bits per heavy atom. The third-order valence-corrected chi connectivity index (χ3v) is 5.59. The van der Waals surface area contributed by atoms with Crippen LogP contribution in [-0.4, -0.2) is 68.2 Å². The quantitative estimate of drug-likeness (QED) is 0.840. The average molecular weight is 389 g/mol. The Morgan fingerprint density at radius 1 is 1.07 bits per heavy atom. The second-order valence-electron chi connectivity index (χ2n) is 7.86. The highest BCUT2D eigenvalue weighted by molar-refractivity contribution is 5.83. The topological polar surface area (TPSA) is 71.1 Å². The summed E-state index contributed by atoms with van der Waals surface area (Å²) in [5, 5.41) is 2.94. The molecule has 3 amide bonds. The standard InChI is InChI=1S/C21H31N3O4/c1-14(2)22-21(26)24-12-17(16-11-15(27-3)7-8-19(16)28-4)18(13-24)20(25)23-9-5-6-10-23/h7-8,11,14,17-18H,5-6,9-10,12-13H2,1-4H3,(H,22,26)/t17-,18-/m1/s1. The first-order valence-electron chi connectivity index (χ1n) is 10.0. The van der Waals surface area contributed by atoms with Gasteiger partial charge in [-0.05, 0) is 44.9 Å². The van der Waals surface area contributed by atoms with Gasteiger partial charge in [0.15, 0.2) is 0 Å². The molecule has 0 radical (unpaired) electrons. The van der Waals surface area contributed by atoms with Crippen molar-refractivity contribution in [1.29, 1.82) is 0 Å². The van der Waals surface area contributed by atoms with Gasteiger partial charge in [-0.15, -0.1) is 0 Å².